The van der Waals surface area contributed by atoms with E-state index < -0.39 is 0 Å². The van der Waals surface area contributed by atoms with E-state index >= 15 is 0 Å². The first kappa shape index (κ1) is 12.5. The maximum absolute atomic E-state index is 12.4. The van der Waals surface area contributed by atoms with Crippen molar-refractivity contribution < 1.29 is 4.79 Å². The number of para-hydroxylation sites is 1. The van der Waals surface area contributed by atoms with E-state index in [0.29, 0.717) is 18.4 Å². The molecule has 0 aliphatic carbocycles. The fourth-order valence-electron chi connectivity index (χ4n) is 2.25. The largest absolute Gasteiger partial charge is 0.294 e. The highest BCUT2D eigenvalue weighted by Crippen LogP contribution is 2.18. The molecule has 0 fully saturated rings. The third-order valence-electron chi connectivity index (χ3n) is 3.27. The number of rotatable bonds is 4. The van der Waals surface area contributed by atoms with Crippen molar-refractivity contribution in [1.82, 2.24) is 9.97 Å². The molecule has 0 unspecified atom stereocenters. The highest BCUT2D eigenvalue weighted by atomic mass is 16.1. The van der Waals surface area contributed by atoms with Crippen molar-refractivity contribution in [3.63, 3.8) is 0 Å². The number of benzene rings is 1. The summed E-state index contributed by atoms with van der Waals surface area (Å²) in [6, 6.07) is 15.3. The molecule has 2 heterocycles. The molecule has 0 radical (unpaired) electrons. The van der Waals surface area contributed by atoms with E-state index in [1.54, 1.807) is 12.4 Å². The van der Waals surface area contributed by atoms with E-state index in [-0.39, 0.29) is 5.78 Å². The number of aryl methyl sites for hydroxylation is 1. The molecule has 0 atom stereocenters. The normalized spacial score (nSPS) is 10.6. The van der Waals surface area contributed by atoms with Gasteiger partial charge in [0.25, 0.3) is 0 Å². The van der Waals surface area contributed by atoms with E-state index in [1.165, 1.54) is 0 Å². The van der Waals surface area contributed by atoms with Crippen molar-refractivity contribution in [2.75, 3.05) is 0 Å². The quantitative estimate of drug-likeness (QED) is 0.676. The third kappa shape index (κ3) is 2.57. The monoisotopic (exact) mass is 262 g/mol. The molecule has 2 aromatic heterocycles. The van der Waals surface area contributed by atoms with Gasteiger partial charge in [-0.15, -0.1) is 0 Å². The van der Waals surface area contributed by atoms with E-state index in [0.717, 1.165) is 16.6 Å². The maximum atomic E-state index is 12.4. The third-order valence-corrected chi connectivity index (χ3v) is 3.27. The molecule has 98 valence electrons. The Hall–Kier alpha value is -2.55. The molecule has 0 saturated heterocycles. The molecule has 20 heavy (non-hydrogen) atoms. The van der Waals surface area contributed by atoms with Gasteiger partial charge in [0.2, 0.25) is 0 Å². The average Bonchev–Trinajstić information content (AvgIpc) is 2.53. The summed E-state index contributed by atoms with van der Waals surface area (Å²) in [5.74, 6) is 0.111. The lowest BCUT2D eigenvalue weighted by atomic mass is 10.0. The Bertz CT molecular complexity index is 733. The Morgan fingerprint density at radius 1 is 0.900 bits per heavy atom. The number of Topliss-reactive ketones (excluding diaryl/α,β-unsaturated/α-hetero) is 1. The lowest BCUT2D eigenvalue weighted by Crippen LogP contribution is -2.03. The van der Waals surface area contributed by atoms with Crippen molar-refractivity contribution in [2.24, 2.45) is 0 Å². The molecule has 3 nitrogen and oxygen atoms in total. The summed E-state index contributed by atoms with van der Waals surface area (Å²) >= 11 is 0. The van der Waals surface area contributed by atoms with Crippen LogP contribution in [0, 0.1) is 0 Å². The number of fused-ring (bicyclic) bond motifs is 1. The topological polar surface area (TPSA) is 42.9 Å². The lowest BCUT2D eigenvalue weighted by molar-refractivity contribution is 0.0984. The number of hydrogen-bond donors (Lipinski definition) is 0. The highest BCUT2D eigenvalue weighted by molar-refractivity contribution is 6.06. The van der Waals surface area contributed by atoms with Crippen LogP contribution in [0.2, 0.25) is 0 Å². The molecule has 0 amide bonds. The Morgan fingerprint density at radius 2 is 1.75 bits per heavy atom. The van der Waals surface area contributed by atoms with Crippen LogP contribution in [0.5, 0.6) is 0 Å². The summed E-state index contributed by atoms with van der Waals surface area (Å²) in [7, 11) is 0. The summed E-state index contributed by atoms with van der Waals surface area (Å²) in [4.78, 5) is 20.9. The first-order chi connectivity index (χ1) is 9.84. The summed E-state index contributed by atoms with van der Waals surface area (Å²) in [5, 5.41) is 0.996. The molecule has 0 N–H and O–H groups in total. The average molecular weight is 262 g/mol. The molecule has 0 aliphatic rings. The molecular weight excluding hydrogens is 248 g/mol. The second-order valence-electron chi connectivity index (χ2n) is 4.62. The van der Waals surface area contributed by atoms with Crippen molar-refractivity contribution in [2.45, 2.75) is 12.8 Å². The van der Waals surface area contributed by atoms with E-state index in [1.807, 2.05) is 48.5 Å². The van der Waals surface area contributed by atoms with Crippen LogP contribution in [0.15, 0.2) is 60.9 Å². The second kappa shape index (κ2) is 5.61. The Kier molecular flexibility index (Phi) is 3.50. The fraction of sp³-hybridized carbons (Fsp3) is 0.118. The van der Waals surface area contributed by atoms with E-state index in [4.69, 9.17) is 0 Å². The minimum Gasteiger partial charge on any atom is -0.294 e. The molecule has 1 aromatic carbocycles. The minimum absolute atomic E-state index is 0.111. The van der Waals surface area contributed by atoms with Crippen LogP contribution in [0.3, 0.4) is 0 Å². The molecule has 3 aromatic rings. The van der Waals surface area contributed by atoms with Crippen molar-refractivity contribution in [1.29, 1.82) is 0 Å². The molecular formula is C17H14N2O. The van der Waals surface area contributed by atoms with Gasteiger partial charge in [-0.1, -0.05) is 24.3 Å². The molecule has 3 heteroatoms. The first-order valence-electron chi connectivity index (χ1n) is 6.61. The number of hydrogen-bond acceptors (Lipinski definition) is 3. The van der Waals surface area contributed by atoms with Crippen molar-refractivity contribution >= 4 is 16.7 Å². The number of pyridine rings is 2. The minimum atomic E-state index is 0.111. The van der Waals surface area contributed by atoms with Gasteiger partial charge in [0.1, 0.15) is 0 Å². The van der Waals surface area contributed by atoms with E-state index in [2.05, 4.69) is 9.97 Å². The standard InChI is InChI=1S/C17H14N2O/c20-16(10-9-14-7-1-2-11-18-14)15-8-3-5-13-6-4-12-19-17(13)15/h1-8,11-12H,9-10H2. The van der Waals surface area contributed by atoms with Crippen LogP contribution in [0.4, 0.5) is 0 Å². The van der Waals surface area contributed by atoms with Gasteiger partial charge in [0.15, 0.2) is 5.78 Å². The second-order valence-corrected chi connectivity index (χ2v) is 4.62. The highest BCUT2D eigenvalue weighted by Gasteiger charge is 2.11. The number of carbonyl (C=O) groups excluding carboxylic acids is 1. The summed E-state index contributed by atoms with van der Waals surface area (Å²) in [6.45, 7) is 0. The van der Waals surface area contributed by atoms with Crippen LogP contribution in [-0.2, 0) is 6.42 Å². The summed E-state index contributed by atoms with van der Waals surface area (Å²) in [5.41, 5.74) is 2.41. The zero-order valence-corrected chi connectivity index (χ0v) is 11.0. The molecule has 0 bridgehead atoms. The Labute approximate surface area is 117 Å². The smallest absolute Gasteiger partial charge is 0.165 e. The molecule has 3 rings (SSSR count). The maximum Gasteiger partial charge on any atom is 0.165 e. The van der Waals surface area contributed by atoms with Gasteiger partial charge in [-0.25, -0.2) is 0 Å². The van der Waals surface area contributed by atoms with Gasteiger partial charge < -0.3 is 0 Å². The van der Waals surface area contributed by atoms with Crippen LogP contribution >= 0.6 is 0 Å². The van der Waals surface area contributed by atoms with E-state index in [9.17, 15) is 4.79 Å². The van der Waals surface area contributed by atoms with Gasteiger partial charge in [-0.2, -0.15) is 0 Å². The zero-order chi connectivity index (χ0) is 13.8. The van der Waals surface area contributed by atoms with Crippen LogP contribution in [0.1, 0.15) is 22.5 Å². The lowest BCUT2D eigenvalue weighted by Gasteiger charge is -2.04. The summed E-state index contributed by atoms with van der Waals surface area (Å²) in [6.07, 6.45) is 4.58. The van der Waals surface area contributed by atoms with Crippen LogP contribution < -0.4 is 0 Å². The zero-order valence-electron chi connectivity index (χ0n) is 11.0. The van der Waals surface area contributed by atoms with Gasteiger partial charge in [0.05, 0.1) is 5.52 Å². The molecule has 0 spiro atoms. The Morgan fingerprint density at radius 3 is 2.60 bits per heavy atom. The predicted molar refractivity (Wildman–Crippen MR) is 78.6 cm³/mol. The SMILES string of the molecule is O=C(CCc1ccccn1)c1cccc2cccnc12. The number of aromatic nitrogens is 2. The Balaban J connectivity index is 1.82. The predicted octanol–water partition coefficient (Wildman–Crippen LogP) is 3.45. The number of ketones is 1. The van der Waals surface area contributed by atoms with Crippen molar-refractivity contribution in [3.8, 4) is 0 Å². The van der Waals surface area contributed by atoms with Gasteiger partial charge in [0, 0.05) is 35.5 Å². The van der Waals surface area contributed by atoms with Gasteiger partial charge in [-0.05, 0) is 30.7 Å². The van der Waals surface area contributed by atoms with Crippen LogP contribution in [0.25, 0.3) is 10.9 Å². The van der Waals surface area contributed by atoms with Gasteiger partial charge >= 0.3 is 0 Å². The number of nitrogens with zero attached hydrogens (tertiary/aromatic N) is 2. The van der Waals surface area contributed by atoms with Crippen LogP contribution in [-0.4, -0.2) is 15.8 Å². The van der Waals surface area contributed by atoms with Gasteiger partial charge in [-0.3, -0.25) is 14.8 Å². The molecule has 0 saturated carbocycles. The van der Waals surface area contributed by atoms with Crippen molar-refractivity contribution in [3.05, 3.63) is 72.2 Å². The fourth-order valence-corrected chi connectivity index (χ4v) is 2.25. The summed E-state index contributed by atoms with van der Waals surface area (Å²) < 4.78 is 0. The molecule has 0 aliphatic heterocycles. The number of carbonyl (C=O) groups is 1. The first-order valence-corrected chi connectivity index (χ1v) is 6.61.